The molecule has 0 saturated carbocycles. The first-order valence-electron chi connectivity index (χ1n) is 14.2. The molecular formula is C35H31N5O4S. The van der Waals surface area contributed by atoms with Crippen LogP contribution in [0.15, 0.2) is 125 Å². The number of carbonyl (C=O) groups excluding carboxylic acids is 4. The Bertz CT molecular complexity index is 1770. The van der Waals surface area contributed by atoms with Gasteiger partial charge in [-0.05, 0) is 68.0 Å². The van der Waals surface area contributed by atoms with Gasteiger partial charge in [0.15, 0.2) is 0 Å². The number of nitrogens with zero attached hydrogens (tertiary/aromatic N) is 2. The number of nitrogens with one attached hydrogen (secondary N) is 3. The van der Waals surface area contributed by atoms with Crippen molar-refractivity contribution in [1.82, 2.24) is 10.6 Å². The molecule has 10 heteroatoms. The number of rotatable bonds is 9. The first-order valence-corrected chi connectivity index (χ1v) is 15.1. The van der Waals surface area contributed by atoms with Gasteiger partial charge < -0.3 is 16.0 Å². The van der Waals surface area contributed by atoms with E-state index in [0.717, 1.165) is 16.0 Å². The lowest BCUT2D eigenvalue weighted by molar-refractivity contribution is -0.119. The number of aryl methyl sites for hydroxylation is 1. The van der Waals surface area contributed by atoms with Crippen LogP contribution in [0.1, 0.15) is 34.8 Å². The van der Waals surface area contributed by atoms with Gasteiger partial charge in [-0.1, -0.05) is 72.3 Å². The van der Waals surface area contributed by atoms with E-state index in [2.05, 4.69) is 21.1 Å². The minimum atomic E-state index is -0.526. The van der Waals surface area contributed by atoms with Crippen LogP contribution >= 0.6 is 11.8 Å². The largest absolute Gasteiger partial charge is 0.321 e. The van der Waals surface area contributed by atoms with Gasteiger partial charge in [-0.3, -0.25) is 19.2 Å². The summed E-state index contributed by atoms with van der Waals surface area (Å²) in [6.45, 7) is 3.72. The number of amidine groups is 1. The van der Waals surface area contributed by atoms with Gasteiger partial charge in [-0.2, -0.15) is 10.1 Å². The highest BCUT2D eigenvalue weighted by Crippen LogP contribution is 2.27. The van der Waals surface area contributed by atoms with Crippen LogP contribution in [-0.4, -0.2) is 34.7 Å². The van der Waals surface area contributed by atoms with Gasteiger partial charge in [-0.15, -0.1) is 11.8 Å². The van der Waals surface area contributed by atoms with Gasteiger partial charge in [0, 0.05) is 16.1 Å². The summed E-state index contributed by atoms with van der Waals surface area (Å²) in [5.74, 6) is -1.15. The van der Waals surface area contributed by atoms with Crippen LogP contribution in [-0.2, 0) is 14.4 Å². The van der Waals surface area contributed by atoms with Gasteiger partial charge in [0.25, 0.3) is 17.7 Å². The molecule has 4 aromatic rings. The van der Waals surface area contributed by atoms with E-state index >= 15 is 0 Å². The Morgan fingerprint density at radius 2 is 1.56 bits per heavy atom. The summed E-state index contributed by atoms with van der Waals surface area (Å²) in [4.78, 5) is 52.5. The third-order valence-corrected chi connectivity index (χ3v) is 7.83. The zero-order valence-corrected chi connectivity index (χ0v) is 25.5. The number of hydrogen-bond donors (Lipinski definition) is 3. The van der Waals surface area contributed by atoms with E-state index in [1.807, 2.05) is 61.5 Å². The number of hydrazone groups is 1. The minimum Gasteiger partial charge on any atom is -0.321 e. The molecule has 45 heavy (non-hydrogen) atoms. The maximum atomic E-state index is 13.4. The molecule has 0 aliphatic carbocycles. The fourth-order valence-electron chi connectivity index (χ4n) is 4.39. The highest BCUT2D eigenvalue weighted by molar-refractivity contribution is 8.00. The molecule has 4 aromatic carbocycles. The summed E-state index contributed by atoms with van der Waals surface area (Å²) in [5, 5.41) is 13.4. The molecule has 1 aliphatic rings. The average molecular weight is 618 g/mol. The number of carbonyl (C=O) groups is 4. The third kappa shape index (κ3) is 8.33. The van der Waals surface area contributed by atoms with E-state index in [9.17, 15) is 19.2 Å². The van der Waals surface area contributed by atoms with E-state index in [1.165, 1.54) is 16.8 Å². The Morgan fingerprint density at radius 3 is 2.27 bits per heavy atom. The number of thioether (sulfide) groups is 1. The summed E-state index contributed by atoms with van der Waals surface area (Å²) < 4.78 is 0. The van der Waals surface area contributed by atoms with Crippen molar-refractivity contribution in [1.29, 1.82) is 0 Å². The van der Waals surface area contributed by atoms with E-state index < -0.39 is 17.1 Å². The number of hydrogen-bond acceptors (Lipinski definition) is 6. The van der Waals surface area contributed by atoms with Crippen molar-refractivity contribution in [2.24, 2.45) is 5.10 Å². The predicted octanol–water partition coefficient (Wildman–Crippen LogP) is 5.75. The van der Waals surface area contributed by atoms with Gasteiger partial charge in [0.05, 0.1) is 17.4 Å². The maximum Gasteiger partial charge on any atom is 0.272 e. The highest BCUT2D eigenvalue weighted by atomic mass is 32.2. The summed E-state index contributed by atoms with van der Waals surface area (Å²) in [6.07, 6.45) is 1.62. The quantitative estimate of drug-likeness (QED) is 0.163. The SMILES string of the molecule is Cc1ccc(/C=C(\NC(=O)c2ccccc2)C(=O)Nc2cccc(SC(C)C(=O)NC3=NN(c4ccccc4)C(=O)C3)c2)cc1. The highest BCUT2D eigenvalue weighted by Gasteiger charge is 2.27. The number of benzene rings is 4. The monoisotopic (exact) mass is 617 g/mol. The zero-order chi connectivity index (χ0) is 31.8. The molecule has 1 aliphatic heterocycles. The van der Waals surface area contributed by atoms with E-state index in [1.54, 1.807) is 67.6 Å². The maximum absolute atomic E-state index is 13.4. The van der Waals surface area contributed by atoms with Crippen molar-refractivity contribution in [3.8, 4) is 0 Å². The van der Waals surface area contributed by atoms with Crippen LogP contribution in [0.3, 0.4) is 0 Å². The number of amides is 4. The van der Waals surface area contributed by atoms with Gasteiger partial charge in [0.2, 0.25) is 5.91 Å². The molecular weight excluding hydrogens is 586 g/mol. The Labute approximate surface area is 265 Å². The van der Waals surface area contributed by atoms with Crippen LogP contribution in [0.5, 0.6) is 0 Å². The van der Waals surface area contributed by atoms with Crippen LogP contribution in [0, 0.1) is 6.92 Å². The van der Waals surface area contributed by atoms with Gasteiger partial charge >= 0.3 is 0 Å². The second-order valence-corrected chi connectivity index (χ2v) is 11.7. The van der Waals surface area contributed by atoms with Crippen LogP contribution < -0.4 is 21.0 Å². The predicted molar refractivity (Wildman–Crippen MR) is 178 cm³/mol. The van der Waals surface area contributed by atoms with Crippen molar-refractivity contribution in [3.05, 3.63) is 132 Å². The summed E-state index contributed by atoms with van der Waals surface area (Å²) in [7, 11) is 0. The Kier molecular flexibility index (Phi) is 9.86. The number of para-hydroxylation sites is 1. The van der Waals surface area contributed by atoms with Crippen LogP contribution in [0.25, 0.3) is 6.08 Å². The lowest BCUT2D eigenvalue weighted by Crippen LogP contribution is -2.35. The third-order valence-electron chi connectivity index (χ3n) is 6.74. The average Bonchev–Trinajstić information content (AvgIpc) is 3.42. The molecule has 0 bridgehead atoms. The Hall–Kier alpha value is -5.48. The van der Waals surface area contributed by atoms with Crippen molar-refractivity contribution in [2.75, 3.05) is 10.3 Å². The van der Waals surface area contributed by atoms with E-state index in [4.69, 9.17) is 0 Å². The molecule has 5 rings (SSSR count). The first kappa shape index (κ1) is 31.0. The molecule has 226 valence electrons. The second kappa shape index (κ2) is 14.3. The molecule has 1 unspecified atom stereocenters. The van der Waals surface area contributed by atoms with E-state index in [0.29, 0.717) is 16.9 Å². The molecule has 9 nitrogen and oxygen atoms in total. The van der Waals surface area contributed by atoms with Crippen LogP contribution in [0.2, 0.25) is 0 Å². The van der Waals surface area contributed by atoms with Crippen LogP contribution in [0.4, 0.5) is 11.4 Å². The molecule has 0 radical (unpaired) electrons. The van der Waals surface area contributed by atoms with Gasteiger partial charge in [-0.25, -0.2) is 0 Å². The first-order chi connectivity index (χ1) is 21.7. The van der Waals surface area contributed by atoms with Crippen molar-refractivity contribution >= 4 is 58.7 Å². The molecule has 0 saturated heterocycles. The fraction of sp³-hybridized carbons (Fsp3) is 0.114. The molecule has 3 N–H and O–H groups in total. The van der Waals surface area contributed by atoms with E-state index in [-0.39, 0.29) is 29.8 Å². The molecule has 0 spiro atoms. The lowest BCUT2D eigenvalue weighted by atomic mass is 10.1. The second-order valence-electron chi connectivity index (χ2n) is 10.3. The molecule has 1 atom stereocenters. The topological polar surface area (TPSA) is 120 Å². The normalized spacial score (nSPS) is 13.6. The van der Waals surface area contributed by atoms with Crippen molar-refractivity contribution in [2.45, 2.75) is 30.4 Å². The lowest BCUT2D eigenvalue weighted by Gasteiger charge is -2.14. The molecule has 0 fully saturated rings. The number of anilines is 2. The summed E-state index contributed by atoms with van der Waals surface area (Å²) in [5.41, 5.74) is 3.45. The van der Waals surface area contributed by atoms with Crippen molar-refractivity contribution in [3.63, 3.8) is 0 Å². The van der Waals surface area contributed by atoms with Crippen molar-refractivity contribution < 1.29 is 19.2 Å². The van der Waals surface area contributed by atoms with Gasteiger partial charge in [0.1, 0.15) is 11.5 Å². The molecule has 1 heterocycles. The smallest absolute Gasteiger partial charge is 0.272 e. The standard InChI is InChI=1S/C35H31N5O4S/c1-23-16-18-25(19-17-23)20-30(37-34(43)26-10-5-3-6-11-26)35(44)36-27-12-9-15-29(21-27)45-24(2)33(42)38-31-22-32(41)40(39-31)28-13-7-4-8-14-28/h3-21,24H,22H2,1-2H3,(H,36,44)(H,37,43)(H,38,39,42)/b30-20-. The zero-order valence-electron chi connectivity index (χ0n) is 24.7. The minimum absolute atomic E-state index is 0.00120. The Morgan fingerprint density at radius 1 is 0.867 bits per heavy atom. The fourth-order valence-corrected chi connectivity index (χ4v) is 5.32. The summed E-state index contributed by atoms with van der Waals surface area (Å²) in [6, 6.07) is 32.3. The molecule has 4 amide bonds. The Balaban J connectivity index is 1.25. The summed E-state index contributed by atoms with van der Waals surface area (Å²) >= 11 is 1.29. The molecule has 0 aromatic heterocycles.